The minimum Gasteiger partial charge on any atom is -0.314 e. The summed E-state index contributed by atoms with van der Waals surface area (Å²) in [6.07, 6.45) is 3.83. The van der Waals surface area contributed by atoms with E-state index in [1.54, 1.807) is 11.3 Å². The van der Waals surface area contributed by atoms with E-state index in [0.717, 1.165) is 19.0 Å². The predicted molar refractivity (Wildman–Crippen MR) is 51.6 cm³/mol. The normalized spacial score (nSPS) is 16.8. The molecule has 0 aliphatic heterocycles. The Hall–Kier alpha value is -0.410. The van der Waals surface area contributed by atoms with Gasteiger partial charge in [0.15, 0.2) is 0 Å². The number of aryl methyl sites for hydroxylation is 1. The van der Waals surface area contributed by atoms with Crippen molar-refractivity contribution >= 4 is 11.3 Å². The molecule has 0 bridgehead atoms. The number of hydrogen-bond acceptors (Lipinski definition) is 3. The van der Waals surface area contributed by atoms with Crippen LogP contribution < -0.4 is 5.32 Å². The van der Waals surface area contributed by atoms with E-state index < -0.39 is 0 Å². The fraction of sp³-hybridized carbons (Fsp3) is 0.667. The maximum atomic E-state index is 4.41. The van der Waals surface area contributed by atoms with Crippen molar-refractivity contribution in [2.45, 2.75) is 32.2 Å². The summed E-state index contributed by atoms with van der Waals surface area (Å²) in [5.41, 5.74) is 1.24. The predicted octanol–water partition coefficient (Wildman–Crippen LogP) is 1.75. The van der Waals surface area contributed by atoms with Crippen LogP contribution >= 0.6 is 11.3 Å². The zero-order valence-electron chi connectivity index (χ0n) is 7.34. The average Bonchev–Trinajstić information content (AvgIpc) is 2.76. The Balaban J connectivity index is 1.71. The van der Waals surface area contributed by atoms with Crippen molar-refractivity contribution in [2.24, 2.45) is 0 Å². The first-order chi connectivity index (χ1) is 5.84. The van der Waals surface area contributed by atoms with Gasteiger partial charge >= 0.3 is 0 Å². The molecule has 0 amide bonds. The van der Waals surface area contributed by atoms with E-state index in [0.29, 0.717) is 0 Å². The third-order valence-electron chi connectivity index (χ3n) is 2.06. The van der Waals surface area contributed by atoms with Gasteiger partial charge in [-0.1, -0.05) is 0 Å². The van der Waals surface area contributed by atoms with Crippen LogP contribution in [0.3, 0.4) is 0 Å². The molecule has 0 spiro atoms. The summed E-state index contributed by atoms with van der Waals surface area (Å²) in [4.78, 5) is 4.41. The Kier molecular flexibility index (Phi) is 2.42. The molecular formula is C9H14N2S. The van der Waals surface area contributed by atoms with E-state index in [2.05, 4.69) is 22.6 Å². The molecule has 1 fully saturated rings. The van der Waals surface area contributed by atoms with Crippen LogP contribution in [0.2, 0.25) is 0 Å². The lowest BCUT2D eigenvalue weighted by molar-refractivity contribution is 0.676. The van der Waals surface area contributed by atoms with E-state index in [1.165, 1.54) is 23.5 Å². The Labute approximate surface area is 77.0 Å². The van der Waals surface area contributed by atoms with Crippen LogP contribution in [0.4, 0.5) is 0 Å². The van der Waals surface area contributed by atoms with E-state index in [-0.39, 0.29) is 0 Å². The summed E-state index contributed by atoms with van der Waals surface area (Å²) in [5.74, 6) is 0. The molecule has 0 radical (unpaired) electrons. The first-order valence-electron chi connectivity index (χ1n) is 4.49. The fourth-order valence-electron chi connectivity index (χ4n) is 1.21. The van der Waals surface area contributed by atoms with Crippen molar-refractivity contribution in [1.29, 1.82) is 0 Å². The molecule has 3 heteroatoms. The number of rotatable bonds is 4. The summed E-state index contributed by atoms with van der Waals surface area (Å²) in [6, 6.07) is 0.824. The SMILES string of the molecule is Cc1nc(CCNC2CC2)cs1. The van der Waals surface area contributed by atoms with Gasteiger partial charge in [-0.15, -0.1) is 11.3 Å². The number of hydrogen-bond donors (Lipinski definition) is 1. The Morgan fingerprint density at radius 3 is 3.08 bits per heavy atom. The lowest BCUT2D eigenvalue weighted by atomic mass is 10.3. The van der Waals surface area contributed by atoms with Gasteiger partial charge in [-0.3, -0.25) is 0 Å². The molecule has 1 heterocycles. The molecule has 1 saturated carbocycles. The van der Waals surface area contributed by atoms with Gasteiger partial charge in [-0.2, -0.15) is 0 Å². The van der Waals surface area contributed by atoms with Crippen LogP contribution in [0.25, 0.3) is 0 Å². The minimum atomic E-state index is 0.824. The van der Waals surface area contributed by atoms with Crippen molar-refractivity contribution in [3.63, 3.8) is 0 Å². The zero-order valence-corrected chi connectivity index (χ0v) is 8.16. The maximum absolute atomic E-state index is 4.41. The molecule has 1 aromatic heterocycles. The molecule has 1 N–H and O–H groups in total. The van der Waals surface area contributed by atoms with Crippen molar-refractivity contribution in [3.8, 4) is 0 Å². The average molecular weight is 182 g/mol. The van der Waals surface area contributed by atoms with Crippen molar-refractivity contribution in [2.75, 3.05) is 6.54 Å². The lowest BCUT2D eigenvalue weighted by Gasteiger charge is -1.98. The molecule has 1 aliphatic carbocycles. The van der Waals surface area contributed by atoms with Crippen LogP contribution in [0, 0.1) is 6.92 Å². The van der Waals surface area contributed by atoms with Gasteiger partial charge in [0.25, 0.3) is 0 Å². The molecule has 1 aliphatic rings. The van der Waals surface area contributed by atoms with E-state index in [9.17, 15) is 0 Å². The summed E-state index contributed by atoms with van der Waals surface area (Å²) in [6.45, 7) is 3.15. The van der Waals surface area contributed by atoms with E-state index >= 15 is 0 Å². The smallest absolute Gasteiger partial charge is 0.0897 e. The van der Waals surface area contributed by atoms with Crippen LogP contribution in [-0.4, -0.2) is 17.6 Å². The molecule has 0 unspecified atom stereocenters. The van der Waals surface area contributed by atoms with Gasteiger partial charge in [0.05, 0.1) is 10.7 Å². The van der Waals surface area contributed by atoms with Crippen LogP contribution in [0.1, 0.15) is 23.5 Å². The van der Waals surface area contributed by atoms with Gasteiger partial charge in [0.1, 0.15) is 0 Å². The minimum absolute atomic E-state index is 0.824. The van der Waals surface area contributed by atoms with Gasteiger partial charge in [-0.25, -0.2) is 4.98 Å². The monoisotopic (exact) mass is 182 g/mol. The second-order valence-corrected chi connectivity index (χ2v) is 4.40. The maximum Gasteiger partial charge on any atom is 0.0897 e. The van der Waals surface area contributed by atoms with E-state index in [1.807, 2.05) is 0 Å². The summed E-state index contributed by atoms with van der Waals surface area (Å²) >= 11 is 1.74. The molecule has 1 aromatic rings. The van der Waals surface area contributed by atoms with Crippen molar-refractivity contribution in [1.82, 2.24) is 10.3 Å². The number of thiazole rings is 1. The Morgan fingerprint density at radius 2 is 2.50 bits per heavy atom. The molecule has 0 saturated heterocycles. The summed E-state index contributed by atoms with van der Waals surface area (Å²) in [5, 5.41) is 6.81. The topological polar surface area (TPSA) is 24.9 Å². The van der Waals surface area contributed by atoms with Gasteiger partial charge in [-0.05, 0) is 19.8 Å². The second kappa shape index (κ2) is 3.54. The van der Waals surface area contributed by atoms with Crippen molar-refractivity contribution in [3.05, 3.63) is 16.1 Å². The largest absolute Gasteiger partial charge is 0.314 e. The number of nitrogens with one attached hydrogen (secondary N) is 1. The highest BCUT2D eigenvalue weighted by Crippen LogP contribution is 2.18. The summed E-state index contributed by atoms with van der Waals surface area (Å²) in [7, 11) is 0. The molecule has 12 heavy (non-hydrogen) atoms. The Bertz CT molecular complexity index is 253. The standard InChI is InChI=1S/C9H14N2S/c1-7-11-9(6-12-7)4-5-10-8-2-3-8/h6,8,10H,2-5H2,1H3. The summed E-state index contributed by atoms with van der Waals surface area (Å²) < 4.78 is 0. The zero-order chi connectivity index (χ0) is 8.39. The van der Waals surface area contributed by atoms with Crippen LogP contribution in [0.15, 0.2) is 5.38 Å². The highest BCUT2D eigenvalue weighted by Gasteiger charge is 2.19. The third-order valence-corrected chi connectivity index (χ3v) is 2.88. The molecular weight excluding hydrogens is 168 g/mol. The molecule has 0 atom stereocenters. The fourth-order valence-corrected chi connectivity index (χ4v) is 1.86. The highest BCUT2D eigenvalue weighted by molar-refractivity contribution is 7.09. The Morgan fingerprint density at radius 1 is 1.67 bits per heavy atom. The van der Waals surface area contributed by atoms with Gasteiger partial charge in [0.2, 0.25) is 0 Å². The van der Waals surface area contributed by atoms with Gasteiger partial charge in [0, 0.05) is 24.4 Å². The van der Waals surface area contributed by atoms with Gasteiger partial charge < -0.3 is 5.32 Å². The lowest BCUT2D eigenvalue weighted by Crippen LogP contribution is -2.19. The number of nitrogens with zero attached hydrogens (tertiary/aromatic N) is 1. The third kappa shape index (κ3) is 2.29. The van der Waals surface area contributed by atoms with Crippen LogP contribution in [-0.2, 0) is 6.42 Å². The first-order valence-corrected chi connectivity index (χ1v) is 5.37. The van der Waals surface area contributed by atoms with Crippen LogP contribution in [0.5, 0.6) is 0 Å². The molecule has 2 rings (SSSR count). The quantitative estimate of drug-likeness (QED) is 0.767. The molecule has 66 valence electrons. The van der Waals surface area contributed by atoms with Crippen molar-refractivity contribution < 1.29 is 0 Å². The molecule has 0 aromatic carbocycles. The number of aromatic nitrogens is 1. The van der Waals surface area contributed by atoms with E-state index in [4.69, 9.17) is 0 Å². The molecule has 2 nitrogen and oxygen atoms in total. The highest BCUT2D eigenvalue weighted by atomic mass is 32.1. The first kappa shape index (κ1) is 8.20. The second-order valence-electron chi connectivity index (χ2n) is 3.34.